The molecule has 0 aromatic heterocycles. The number of amides is 2. The van der Waals surface area contributed by atoms with E-state index in [1.54, 1.807) is 30.3 Å². The van der Waals surface area contributed by atoms with Crippen LogP contribution in [0.25, 0.3) is 6.08 Å². The van der Waals surface area contributed by atoms with Crippen LogP contribution in [-0.4, -0.2) is 44.6 Å². The van der Waals surface area contributed by atoms with Crippen molar-refractivity contribution >= 4 is 17.9 Å². The van der Waals surface area contributed by atoms with Crippen LogP contribution in [0.2, 0.25) is 0 Å². The summed E-state index contributed by atoms with van der Waals surface area (Å²) in [6.45, 7) is 0.369. The van der Waals surface area contributed by atoms with E-state index in [4.69, 9.17) is 14.2 Å². The maximum absolute atomic E-state index is 12.6. The molecule has 6 nitrogen and oxygen atoms in total. The Morgan fingerprint density at radius 3 is 2.33 bits per heavy atom. The molecule has 1 aliphatic heterocycles. The van der Waals surface area contributed by atoms with E-state index < -0.39 is 0 Å². The molecule has 0 radical (unpaired) electrons. The van der Waals surface area contributed by atoms with E-state index in [0.29, 0.717) is 41.3 Å². The quantitative estimate of drug-likeness (QED) is 0.760. The first-order valence-electron chi connectivity index (χ1n) is 8.51. The Kier molecular flexibility index (Phi) is 5.45. The average molecular weight is 367 g/mol. The third kappa shape index (κ3) is 3.65. The number of benzene rings is 2. The summed E-state index contributed by atoms with van der Waals surface area (Å²) < 4.78 is 15.9. The number of nitrogens with zero attached hydrogens (tertiary/aromatic N) is 1. The number of carbonyl (C=O) groups excluding carboxylic acids is 2. The number of imide groups is 1. The molecule has 27 heavy (non-hydrogen) atoms. The van der Waals surface area contributed by atoms with Crippen LogP contribution in [0.3, 0.4) is 0 Å². The SMILES string of the molecule is COc1cc(C=CC(=O)N2CCc3ccccc3C2=O)cc(OC)c1OC. The van der Waals surface area contributed by atoms with E-state index in [9.17, 15) is 9.59 Å². The molecule has 2 aromatic carbocycles. The van der Waals surface area contributed by atoms with Gasteiger partial charge in [0.1, 0.15) is 0 Å². The van der Waals surface area contributed by atoms with Gasteiger partial charge in [-0.25, -0.2) is 0 Å². The van der Waals surface area contributed by atoms with E-state index in [1.807, 2.05) is 12.1 Å². The van der Waals surface area contributed by atoms with E-state index in [1.165, 1.54) is 32.3 Å². The highest BCUT2D eigenvalue weighted by Gasteiger charge is 2.27. The fraction of sp³-hybridized carbons (Fsp3) is 0.238. The molecule has 0 atom stereocenters. The molecule has 0 spiro atoms. The van der Waals surface area contributed by atoms with Crippen molar-refractivity contribution in [1.82, 2.24) is 4.90 Å². The third-order valence-corrected chi connectivity index (χ3v) is 4.47. The van der Waals surface area contributed by atoms with E-state index >= 15 is 0 Å². The van der Waals surface area contributed by atoms with Crippen LogP contribution in [0.5, 0.6) is 17.2 Å². The van der Waals surface area contributed by atoms with Crippen LogP contribution in [0.4, 0.5) is 0 Å². The molecule has 1 heterocycles. The van der Waals surface area contributed by atoms with Gasteiger partial charge in [0.05, 0.1) is 21.3 Å². The summed E-state index contributed by atoms with van der Waals surface area (Å²) in [6.07, 6.45) is 3.67. The summed E-state index contributed by atoms with van der Waals surface area (Å²) >= 11 is 0. The van der Waals surface area contributed by atoms with Crippen LogP contribution in [0.1, 0.15) is 21.5 Å². The second kappa shape index (κ2) is 7.95. The molecule has 0 saturated carbocycles. The van der Waals surface area contributed by atoms with Crippen molar-refractivity contribution in [3.05, 3.63) is 59.2 Å². The standard InChI is InChI=1S/C21H21NO5/c1-25-17-12-14(13-18(26-2)20(17)27-3)8-9-19(23)22-11-10-15-6-4-5-7-16(15)21(22)24/h4-9,12-13H,10-11H2,1-3H3. The van der Waals surface area contributed by atoms with Gasteiger partial charge in [-0.1, -0.05) is 18.2 Å². The summed E-state index contributed by atoms with van der Waals surface area (Å²) in [6, 6.07) is 10.8. The molecule has 2 aromatic rings. The lowest BCUT2D eigenvalue weighted by molar-refractivity contribution is -0.123. The first-order valence-corrected chi connectivity index (χ1v) is 8.51. The average Bonchev–Trinajstić information content (AvgIpc) is 2.71. The first kappa shape index (κ1) is 18.5. The number of hydrogen-bond acceptors (Lipinski definition) is 5. The number of hydrogen-bond donors (Lipinski definition) is 0. The number of fused-ring (bicyclic) bond motifs is 1. The third-order valence-electron chi connectivity index (χ3n) is 4.47. The summed E-state index contributed by atoms with van der Waals surface area (Å²) in [4.78, 5) is 26.4. The minimum atomic E-state index is -0.358. The van der Waals surface area contributed by atoms with Gasteiger partial charge in [0, 0.05) is 18.2 Å². The molecule has 1 aliphatic rings. The van der Waals surface area contributed by atoms with Gasteiger partial charge in [0.2, 0.25) is 5.75 Å². The predicted molar refractivity (Wildman–Crippen MR) is 101 cm³/mol. The molecular formula is C21H21NO5. The van der Waals surface area contributed by atoms with Crippen LogP contribution >= 0.6 is 0 Å². The first-order chi connectivity index (χ1) is 13.1. The number of carbonyl (C=O) groups is 2. The van der Waals surface area contributed by atoms with Gasteiger partial charge in [-0.15, -0.1) is 0 Å². The fourth-order valence-electron chi connectivity index (χ4n) is 3.09. The molecule has 0 fully saturated rings. The van der Waals surface area contributed by atoms with Gasteiger partial charge in [0.15, 0.2) is 11.5 Å². The van der Waals surface area contributed by atoms with Gasteiger partial charge in [-0.3, -0.25) is 14.5 Å². The molecule has 2 amide bonds. The van der Waals surface area contributed by atoms with Crippen LogP contribution < -0.4 is 14.2 Å². The Bertz CT molecular complexity index is 878. The Balaban J connectivity index is 1.82. The Labute approximate surface area is 158 Å². The van der Waals surface area contributed by atoms with Crippen molar-refractivity contribution in [1.29, 1.82) is 0 Å². The van der Waals surface area contributed by atoms with Crippen molar-refractivity contribution < 1.29 is 23.8 Å². The van der Waals surface area contributed by atoms with Gasteiger partial charge >= 0.3 is 0 Å². The zero-order valence-corrected chi connectivity index (χ0v) is 15.5. The largest absolute Gasteiger partial charge is 0.493 e. The van der Waals surface area contributed by atoms with Gasteiger partial charge in [-0.2, -0.15) is 0 Å². The summed E-state index contributed by atoms with van der Waals surface area (Å²) in [5, 5.41) is 0. The number of ether oxygens (including phenoxy) is 3. The molecule has 140 valence electrons. The minimum absolute atomic E-state index is 0.267. The normalized spacial score (nSPS) is 13.4. The molecule has 0 unspecified atom stereocenters. The second-order valence-corrected chi connectivity index (χ2v) is 5.99. The zero-order valence-electron chi connectivity index (χ0n) is 15.5. The Morgan fingerprint density at radius 1 is 1.04 bits per heavy atom. The Morgan fingerprint density at radius 2 is 1.70 bits per heavy atom. The van der Waals surface area contributed by atoms with Crippen LogP contribution in [0, 0.1) is 0 Å². The van der Waals surface area contributed by atoms with Crippen LogP contribution in [0.15, 0.2) is 42.5 Å². The van der Waals surface area contributed by atoms with E-state index in [2.05, 4.69) is 0 Å². The summed E-state index contributed by atoms with van der Waals surface area (Å²) in [5.41, 5.74) is 2.25. The van der Waals surface area contributed by atoms with Crippen molar-refractivity contribution in [2.75, 3.05) is 27.9 Å². The Hall–Kier alpha value is -3.28. The van der Waals surface area contributed by atoms with Crippen LogP contribution in [-0.2, 0) is 11.2 Å². The monoisotopic (exact) mass is 367 g/mol. The molecule has 3 rings (SSSR count). The highest BCUT2D eigenvalue weighted by atomic mass is 16.5. The maximum atomic E-state index is 12.6. The smallest absolute Gasteiger partial charge is 0.261 e. The minimum Gasteiger partial charge on any atom is -0.493 e. The van der Waals surface area contributed by atoms with Crippen molar-refractivity contribution in [2.45, 2.75) is 6.42 Å². The topological polar surface area (TPSA) is 65.1 Å². The van der Waals surface area contributed by atoms with Gasteiger partial charge < -0.3 is 14.2 Å². The zero-order chi connectivity index (χ0) is 19.4. The van der Waals surface area contributed by atoms with Gasteiger partial charge in [0.25, 0.3) is 11.8 Å². The van der Waals surface area contributed by atoms with Crippen molar-refractivity contribution in [2.24, 2.45) is 0 Å². The van der Waals surface area contributed by atoms with Crippen molar-refractivity contribution in [3.8, 4) is 17.2 Å². The fourth-order valence-corrected chi connectivity index (χ4v) is 3.09. The van der Waals surface area contributed by atoms with E-state index in [0.717, 1.165) is 5.56 Å². The lowest BCUT2D eigenvalue weighted by Crippen LogP contribution is -2.41. The van der Waals surface area contributed by atoms with Gasteiger partial charge in [-0.05, 0) is 41.8 Å². The summed E-state index contributed by atoms with van der Waals surface area (Å²) in [7, 11) is 4.58. The number of rotatable bonds is 5. The summed E-state index contributed by atoms with van der Waals surface area (Å²) in [5.74, 6) is 0.838. The highest BCUT2D eigenvalue weighted by molar-refractivity contribution is 6.10. The maximum Gasteiger partial charge on any atom is 0.261 e. The lowest BCUT2D eigenvalue weighted by atomic mass is 9.99. The molecular weight excluding hydrogens is 346 g/mol. The molecule has 0 N–H and O–H groups in total. The van der Waals surface area contributed by atoms with E-state index in [-0.39, 0.29) is 11.8 Å². The molecule has 0 bridgehead atoms. The van der Waals surface area contributed by atoms with Crippen molar-refractivity contribution in [3.63, 3.8) is 0 Å². The molecule has 6 heteroatoms. The molecule has 0 saturated heterocycles. The predicted octanol–water partition coefficient (Wildman–Crippen LogP) is 2.95. The second-order valence-electron chi connectivity index (χ2n) is 5.99. The number of methoxy groups -OCH3 is 3. The molecule has 0 aliphatic carbocycles. The highest BCUT2D eigenvalue weighted by Crippen LogP contribution is 2.38. The lowest BCUT2D eigenvalue weighted by Gasteiger charge is -2.25.